The molecule has 0 atom stereocenters. The molecular weight excluding hydrogens is 186 g/mol. The number of hydrogen-bond acceptors (Lipinski definition) is 2. The van der Waals surface area contributed by atoms with Crippen LogP contribution in [0.2, 0.25) is 0 Å². The number of allylic oxidation sites excluding steroid dienone is 2. The van der Waals surface area contributed by atoms with Gasteiger partial charge in [-0.05, 0) is 37.5 Å². The van der Waals surface area contributed by atoms with E-state index < -0.39 is 0 Å². The van der Waals surface area contributed by atoms with Crippen LogP contribution in [-0.4, -0.2) is 6.08 Å². The minimum atomic E-state index is 0.407. The van der Waals surface area contributed by atoms with Crippen LogP contribution < -0.4 is 0 Å². The van der Waals surface area contributed by atoms with Gasteiger partial charge in [0.05, 0.1) is 6.54 Å². The first-order chi connectivity index (χ1) is 7.16. The van der Waals surface area contributed by atoms with E-state index in [1.807, 2.05) is 18.2 Å². The fourth-order valence-electron chi connectivity index (χ4n) is 1.41. The van der Waals surface area contributed by atoms with Crippen molar-refractivity contribution in [2.45, 2.75) is 27.3 Å². The van der Waals surface area contributed by atoms with Crippen molar-refractivity contribution in [3.63, 3.8) is 0 Å². The van der Waals surface area contributed by atoms with Gasteiger partial charge in [-0.25, -0.2) is 9.79 Å². The van der Waals surface area contributed by atoms with Crippen LogP contribution in [-0.2, 0) is 11.3 Å². The monoisotopic (exact) mass is 201 g/mol. The lowest BCUT2D eigenvalue weighted by atomic mass is 9.98. The maximum absolute atomic E-state index is 10.1. The van der Waals surface area contributed by atoms with Crippen molar-refractivity contribution >= 4 is 11.7 Å². The lowest BCUT2D eigenvalue weighted by Gasteiger charge is -2.09. The van der Waals surface area contributed by atoms with Crippen molar-refractivity contribution in [3.8, 4) is 0 Å². The van der Waals surface area contributed by atoms with Crippen molar-refractivity contribution in [1.29, 1.82) is 0 Å². The van der Waals surface area contributed by atoms with E-state index in [1.165, 1.54) is 11.1 Å². The third-order valence-corrected chi connectivity index (χ3v) is 2.49. The maximum atomic E-state index is 10.1. The Kier molecular flexibility index (Phi) is 4.02. The summed E-state index contributed by atoms with van der Waals surface area (Å²) in [5.74, 6) is 0. The van der Waals surface area contributed by atoms with Crippen molar-refractivity contribution in [2.75, 3.05) is 0 Å². The number of hydrogen-bond donors (Lipinski definition) is 0. The number of nitrogens with zero attached hydrogens (tertiary/aromatic N) is 1. The van der Waals surface area contributed by atoms with Gasteiger partial charge in [-0.3, -0.25) is 0 Å². The van der Waals surface area contributed by atoms with Crippen molar-refractivity contribution < 1.29 is 4.79 Å². The summed E-state index contributed by atoms with van der Waals surface area (Å²) in [6.45, 7) is 6.65. The van der Waals surface area contributed by atoms with E-state index in [9.17, 15) is 4.79 Å². The Morgan fingerprint density at radius 2 is 1.93 bits per heavy atom. The van der Waals surface area contributed by atoms with E-state index in [0.29, 0.717) is 6.54 Å². The summed E-state index contributed by atoms with van der Waals surface area (Å²) in [4.78, 5) is 13.7. The smallest absolute Gasteiger partial charge is 0.211 e. The Morgan fingerprint density at radius 3 is 2.53 bits per heavy atom. The van der Waals surface area contributed by atoms with Gasteiger partial charge in [0.2, 0.25) is 6.08 Å². The van der Waals surface area contributed by atoms with Crippen LogP contribution in [0.15, 0.2) is 34.8 Å². The SMILES string of the molecule is CC(C)=C(C)c1ccccc1CN=C=O. The molecule has 0 aliphatic heterocycles. The van der Waals surface area contributed by atoms with E-state index >= 15 is 0 Å². The highest BCUT2D eigenvalue weighted by atomic mass is 16.1. The van der Waals surface area contributed by atoms with Gasteiger partial charge in [0.15, 0.2) is 0 Å². The first-order valence-electron chi connectivity index (χ1n) is 4.92. The zero-order valence-corrected chi connectivity index (χ0v) is 9.37. The molecule has 0 aromatic heterocycles. The molecule has 0 bridgehead atoms. The average Bonchev–Trinajstić information content (AvgIpc) is 2.25. The highest BCUT2D eigenvalue weighted by Gasteiger charge is 2.03. The number of rotatable bonds is 3. The van der Waals surface area contributed by atoms with Crippen LogP contribution in [0.4, 0.5) is 0 Å². The van der Waals surface area contributed by atoms with Crippen LogP contribution in [0.1, 0.15) is 31.9 Å². The summed E-state index contributed by atoms with van der Waals surface area (Å²) in [6, 6.07) is 7.99. The molecule has 2 heteroatoms. The maximum Gasteiger partial charge on any atom is 0.235 e. The molecule has 78 valence electrons. The molecule has 0 saturated carbocycles. The molecule has 15 heavy (non-hydrogen) atoms. The Balaban J connectivity index is 3.17. The second kappa shape index (κ2) is 5.28. The summed E-state index contributed by atoms with van der Waals surface area (Å²) in [7, 11) is 0. The first kappa shape index (κ1) is 11.4. The minimum absolute atomic E-state index is 0.407. The van der Waals surface area contributed by atoms with E-state index in [0.717, 1.165) is 11.1 Å². The molecule has 1 rings (SSSR count). The van der Waals surface area contributed by atoms with E-state index in [4.69, 9.17) is 0 Å². The average molecular weight is 201 g/mol. The lowest BCUT2D eigenvalue weighted by molar-refractivity contribution is 0.563. The summed E-state index contributed by atoms with van der Waals surface area (Å²) < 4.78 is 0. The standard InChI is InChI=1S/C13H15NO/c1-10(2)11(3)13-7-5-4-6-12(13)8-14-9-15/h4-7H,8H2,1-3H3. The molecule has 0 amide bonds. The third kappa shape index (κ3) is 2.90. The number of isocyanates is 1. The molecule has 0 radical (unpaired) electrons. The molecule has 1 aromatic rings. The number of carbonyl (C=O) groups excluding carboxylic acids is 1. The van der Waals surface area contributed by atoms with Gasteiger partial charge < -0.3 is 0 Å². The Labute approximate surface area is 90.4 Å². The van der Waals surface area contributed by atoms with Crippen LogP contribution in [0.3, 0.4) is 0 Å². The number of aliphatic imine (C=N–C) groups is 1. The molecule has 0 saturated heterocycles. The molecule has 0 fully saturated rings. The molecule has 0 heterocycles. The molecule has 0 N–H and O–H groups in total. The van der Waals surface area contributed by atoms with Gasteiger partial charge in [-0.2, -0.15) is 0 Å². The van der Waals surface area contributed by atoms with Crippen LogP contribution in [0.25, 0.3) is 5.57 Å². The van der Waals surface area contributed by atoms with Gasteiger partial charge in [-0.15, -0.1) is 0 Å². The van der Waals surface area contributed by atoms with E-state index in [2.05, 4.69) is 31.8 Å². The quantitative estimate of drug-likeness (QED) is 0.544. The van der Waals surface area contributed by atoms with Gasteiger partial charge >= 0.3 is 0 Å². The van der Waals surface area contributed by atoms with Crippen LogP contribution in [0, 0.1) is 0 Å². The minimum Gasteiger partial charge on any atom is -0.211 e. The Hall–Kier alpha value is -1.66. The molecule has 0 spiro atoms. The van der Waals surface area contributed by atoms with Gasteiger partial charge in [0.1, 0.15) is 0 Å². The Morgan fingerprint density at radius 1 is 1.27 bits per heavy atom. The zero-order valence-electron chi connectivity index (χ0n) is 9.37. The summed E-state index contributed by atoms with van der Waals surface area (Å²) in [6.07, 6.45) is 1.57. The molecular formula is C13H15NO. The molecule has 0 unspecified atom stereocenters. The van der Waals surface area contributed by atoms with Gasteiger partial charge in [0.25, 0.3) is 0 Å². The number of benzene rings is 1. The molecule has 0 aliphatic carbocycles. The van der Waals surface area contributed by atoms with Crippen molar-refractivity contribution in [2.24, 2.45) is 4.99 Å². The fourth-order valence-corrected chi connectivity index (χ4v) is 1.41. The topological polar surface area (TPSA) is 29.4 Å². The highest BCUT2D eigenvalue weighted by Crippen LogP contribution is 2.22. The predicted molar refractivity (Wildman–Crippen MR) is 62.2 cm³/mol. The zero-order chi connectivity index (χ0) is 11.3. The van der Waals surface area contributed by atoms with Crippen molar-refractivity contribution in [3.05, 3.63) is 41.0 Å². The van der Waals surface area contributed by atoms with Crippen molar-refractivity contribution in [1.82, 2.24) is 0 Å². The molecule has 1 aromatic carbocycles. The third-order valence-electron chi connectivity index (χ3n) is 2.49. The Bertz CT molecular complexity index is 422. The van der Waals surface area contributed by atoms with E-state index in [1.54, 1.807) is 6.08 Å². The largest absolute Gasteiger partial charge is 0.235 e. The predicted octanol–water partition coefficient (Wildman–Crippen LogP) is 3.34. The summed E-state index contributed by atoms with van der Waals surface area (Å²) >= 11 is 0. The summed E-state index contributed by atoms with van der Waals surface area (Å²) in [5, 5.41) is 0. The van der Waals surface area contributed by atoms with Gasteiger partial charge in [-0.1, -0.05) is 29.8 Å². The normalized spacial score (nSPS) is 9.27. The van der Waals surface area contributed by atoms with Crippen LogP contribution >= 0.6 is 0 Å². The fraction of sp³-hybridized carbons (Fsp3) is 0.308. The van der Waals surface area contributed by atoms with Gasteiger partial charge in [0, 0.05) is 0 Å². The van der Waals surface area contributed by atoms with E-state index in [-0.39, 0.29) is 0 Å². The molecule has 0 aliphatic rings. The first-order valence-corrected chi connectivity index (χ1v) is 4.92. The van der Waals surface area contributed by atoms with Crippen LogP contribution in [0.5, 0.6) is 0 Å². The summed E-state index contributed by atoms with van der Waals surface area (Å²) in [5.41, 5.74) is 4.75. The lowest BCUT2D eigenvalue weighted by Crippen LogP contribution is -1.91. The second-order valence-corrected chi connectivity index (χ2v) is 3.69. The highest BCUT2D eigenvalue weighted by molar-refractivity contribution is 5.68. The molecule has 2 nitrogen and oxygen atoms in total. The second-order valence-electron chi connectivity index (χ2n) is 3.69.